The highest BCUT2D eigenvalue weighted by atomic mass is 32.1. The van der Waals surface area contributed by atoms with Crippen molar-refractivity contribution in [3.8, 4) is 16.3 Å². The number of hydrogen-bond donors (Lipinski definition) is 5. The van der Waals surface area contributed by atoms with Crippen molar-refractivity contribution in [3.63, 3.8) is 0 Å². The highest BCUT2D eigenvalue weighted by Crippen LogP contribution is 2.42. The molecular formula is C22H26F3N5O4S. The van der Waals surface area contributed by atoms with Gasteiger partial charge in [0.25, 0.3) is 0 Å². The molecule has 0 spiro atoms. The third-order valence-corrected chi connectivity index (χ3v) is 7.10. The van der Waals surface area contributed by atoms with Gasteiger partial charge in [0.05, 0.1) is 29.2 Å². The van der Waals surface area contributed by atoms with Gasteiger partial charge < -0.3 is 30.7 Å². The molecule has 0 bridgehead atoms. The number of anilines is 2. The Bertz CT molecular complexity index is 1220. The second kappa shape index (κ2) is 9.37. The van der Waals surface area contributed by atoms with Crippen molar-refractivity contribution in [1.82, 2.24) is 15.0 Å². The van der Waals surface area contributed by atoms with Crippen LogP contribution in [0.2, 0.25) is 0 Å². The summed E-state index contributed by atoms with van der Waals surface area (Å²) < 4.78 is 44.5. The Kier molecular flexibility index (Phi) is 6.79. The van der Waals surface area contributed by atoms with Crippen molar-refractivity contribution in [2.45, 2.75) is 50.8 Å². The maximum atomic E-state index is 12.8. The van der Waals surface area contributed by atoms with Gasteiger partial charge in [0.15, 0.2) is 5.72 Å². The van der Waals surface area contributed by atoms with E-state index in [-0.39, 0.29) is 18.2 Å². The van der Waals surface area contributed by atoms with Crippen LogP contribution < -0.4 is 15.4 Å². The second-order valence-electron chi connectivity index (χ2n) is 8.59. The molecule has 4 atom stereocenters. The van der Waals surface area contributed by atoms with Crippen molar-refractivity contribution < 1.29 is 33.2 Å². The van der Waals surface area contributed by atoms with Gasteiger partial charge in [0, 0.05) is 5.92 Å². The second-order valence-corrected chi connectivity index (χ2v) is 9.62. The number of methoxy groups -OCH3 is 1. The molecule has 3 aromatic rings. The third kappa shape index (κ3) is 5.13. The predicted octanol–water partition coefficient (Wildman–Crippen LogP) is 3.30. The number of para-hydroxylation sites is 1. The van der Waals surface area contributed by atoms with E-state index in [1.54, 1.807) is 13.0 Å². The molecule has 0 aliphatic heterocycles. The molecule has 1 aliphatic rings. The van der Waals surface area contributed by atoms with E-state index < -0.39 is 36.6 Å². The van der Waals surface area contributed by atoms with Gasteiger partial charge in [-0.3, -0.25) is 0 Å². The molecule has 5 N–H and O–H groups in total. The van der Waals surface area contributed by atoms with Crippen molar-refractivity contribution in [1.29, 1.82) is 0 Å². The average Bonchev–Trinajstić information content (AvgIpc) is 3.32. The number of halogens is 3. The third-order valence-electron chi connectivity index (χ3n) is 6.06. The van der Waals surface area contributed by atoms with Crippen molar-refractivity contribution in [2.24, 2.45) is 5.92 Å². The molecule has 1 saturated carbocycles. The van der Waals surface area contributed by atoms with E-state index in [0.717, 1.165) is 4.70 Å². The Morgan fingerprint density at radius 2 is 2.03 bits per heavy atom. The molecule has 2 aromatic heterocycles. The summed E-state index contributed by atoms with van der Waals surface area (Å²) in [7, 11) is 1.52. The Morgan fingerprint density at radius 3 is 2.66 bits per heavy atom. The summed E-state index contributed by atoms with van der Waals surface area (Å²) in [6.07, 6.45) is -6.28. The summed E-state index contributed by atoms with van der Waals surface area (Å²) in [5.74, 6) is -0.333. The van der Waals surface area contributed by atoms with Crippen LogP contribution in [0.5, 0.6) is 5.75 Å². The standard InChI is InChI=1S/C22H26F3N5O4S/c1-10-15(19-28-16-13(34-3)5-4-6-14(16)35-19)18(29-20(27-10)26-9-22(23,24)25)30-21(33)8-7-12(11(2)31)17(21)32/h4-6,11-12,17,31-33H,7-9H2,1-3H3,(H2,26,27,29,30)/t11?,12-,17-,21-/m1/s1. The summed E-state index contributed by atoms with van der Waals surface area (Å²) in [5.41, 5.74) is -0.596. The van der Waals surface area contributed by atoms with E-state index in [0.29, 0.717) is 34.0 Å². The molecule has 0 saturated heterocycles. The highest BCUT2D eigenvalue weighted by Gasteiger charge is 2.49. The van der Waals surface area contributed by atoms with Gasteiger partial charge in [0.2, 0.25) is 5.95 Å². The summed E-state index contributed by atoms with van der Waals surface area (Å²) in [6, 6.07) is 5.42. The Morgan fingerprint density at radius 1 is 1.29 bits per heavy atom. The van der Waals surface area contributed by atoms with Crippen LogP contribution in [0.25, 0.3) is 20.8 Å². The monoisotopic (exact) mass is 513 g/mol. The molecule has 1 unspecified atom stereocenters. The smallest absolute Gasteiger partial charge is 0.405 e. The molecule has 190 valence electrons. The molecule has 4 rings (SSSR count). The summed E-state index contributed by atoms with van der Waals surface area (Å²) >= 11 is 1.30. The first-order valence-electron chi connectivity index (χ1n) is 10.9. The largest absolute Gasteiger partial charge is 0.494 e. The predicted molar refractivity (Wildman–Crippen MR) is 125 cm³/mol. The Hall–Kier alpha value is -2.74. The molecular weight excluding hydrogens is 487 g/mol. The van der Waals surface area contributed by atoms with Gasteiger partial charge in [0.1, 0.15) is 34.7 Å². The van der Waals surface area contributed by atoms with Gasteiger partial charge in [-0.1, -0.05) is 6.07 Å². The number of nitrogens with one attached hydrogen (secondary N) is 2. The van der Waals surface area contributed by atoms with Crippen LogP contribution in [0.4, 0.5) is 24.9 Å². The fourth-order valence-electron chi connectivity index (χ4n) is 4.27. The molecule has 35 heavy (non-hydrogen) atoms. The fourth-order valence-corrected chi connectivity index (χ4v) is 5.35. The van der Waals surface area contributed by atoms with Crippen molar-refractivity contribution in [2.75, 3.05) is 24.3 Å². The Labute approximate surface area is 203 Å². The van der Waals surface area contributed by atoms with Crippen LogP contribution in [0, 0.1) is 12.8 Å². The molecule has 0 radical (unpaired) electrons. The minimum Gasteiger partial charge on any atom is -0.494 e. The average molecular weight is 514 g/mol. The van der Waals surface area contributed by atoms with E-state index in [9.17, 15) is 28.5 Å². The zero-order valence-corrected chi connectivity index (χ0v) is 20.0. The summed E-state index contributed by atoms with van der Waals surface area (Å²) in [6.45, 7) is 1.77. The van der Waals surface area contributed by atoms with E-state index in [4.69, 9.17) is 4.74 Å². The van der Waals surface area contributed by atoms with Crippen LogP contribution in [-0.2, 0) is 0 Å². The number of benzene rings is 1. The van der Waals surface area contributed by atoms with Crippen LogP contribution in [0.15, 0.2) is 18.2 Å². The van der Waals surface area contributed by atoms with E-state index >= 15 is 0 Å². The van der Waals surface area contributed by atoms with Crippen LogP contribution in [-0.4, -0.2) is 68.0 Å². The quantitative estimate of drug-likeness (QED) is 0.302. The first-order chi connectivity index (χ1) is 16.4. The first kappa shape index (κ1) is 25.4. The molecule has 13 heteroatoms. The Balaban J connectivity index is 1.80. The van der Waals surface area contributed by atoms with Gasteiger partial charge in [-0.25, -0.2) is 9.97 Å². The number of aromatic nitrogens is 3. The van der Waals surface area contributed by atoms with Gasteiger partial charge in [-0.05, 0) is 38.8 Å². The molecule has 0 amide bonds. The van der Waals surface area contributed by atoms with E-state index in [1.807, 2.05) is 12.1 Å². The molecule has 1 aromatic carbocycles. The molecule has 2 heterocycles. The van der Waals surface area contributed by atoms with E-state index in [1.165, 1.54) is 25.4 Å². The fraction of sp³-hybridized carbons (Fsp3) is 0.500. The lowest BCUT2D eigenvalue weighted by Crippen LogP contribution is -2.49. The number of thiazole rings is 1. The minimum absolute atomic E-state index is 0.00740. The first-order valence-corrected chi connectivity index (χ1v) is 11.7. The molecule has 1 fully saturated rings. The number of aliphatic hydroxyl groups is 3. The summed E-state index contributed by atoms with van der Waals surface area (Å²) in [5, 5.41) is 37.3. The number of fused-ring (bicyclic) bond motifs is 1. The minimum atomic E-state index is -4.49. The van der Waals surface area contributed by atoms with Crippen molar-refractivity contribution in [3.05, 3.63) is 23.9 Å². The molecule has 1 aliphatic carbocycles. The normalized spacial score (nSPS) is 23.5. The highest BCUT2D eigenvalue weighted by molar-refractivity contribution is 7.21. The number of rotatable bonds is 7. The zero-order valence-electron chi connectivity index (χ0n) is 19.2. The van der Waals surface area contributed by atoms with Crippen LogP contribution >= 0.6 is 11.3 Å². The van der Waals surface area contributed by atoms with Gasteiger partial charge in [-0.15, -0.1) is 11.3 Å². The lowest BCUT2D eigenvalue weighted by Gasteiger charge is -2.32. The maximum Gasteiger partial charge on any atom is 0.405 e. The maximum absolute atomic E-state index is 12.8. The van der Waals surface area contributed by atoms with Crippen LogP contribution in [0.3, 0.4) is 0 Å². The summed E-state index contributed by atoms with van der Waals surface area (Å²) in [4.78, 5) is 13.0. The number of ether oxygens (including phenoxy) is 1. The lowest BCUT2D eigenvalue weighted by atomic mass is 9.98. The van der Waals surface area contributed by atoms with Crippen LogP contribution in [0.1, 0.15) is 25.5 Å². The number of aryl methyl sites for hydroxylation is 1. The lowest BCUT2D eigenvalue weighted by molar-refractivity contribution is -0.115. The number of alkyl halides is 3. The van der Waals surface area contributed by atoms with Gasteiger partial charge in [-0.2, -0.15) is 18.2 Å². The number of hydrogen-bond acceptors (Lipinski definition) is 10. The molecule has 9 nitrogen and oxygen atoms in total. The zero-order chi connectivity index (χ0) is 25.5. The van der Waals surface area contributed by atoms with Crippen molar-refractivity contribution >= 4 is 33.3 Å². The van der Waals surface area contributed by atoms with E-state index in [2.05, 4.69) is 25.6 Å². The number of nitrogens with zero attached hydrogens (tertiary/aromatic N) is 3. The number of aliphatic hydroxyl groups excluding tert-OH is 2. The topological polar surface area (TPSA) is 133 Å². The van der Waals surface area contributed by atoms with Gasteiger partial charge >= 0.3 is 6.18 Å². The SMILES string of the molecule is COc1cccc2sc(-c3c(C)nc(NCC(F)(F)F)nc3N[C@@]3(O)CC[C@H](C(C)O)[C@H]3O)nc12.